The zero-order valence-corrected chi connectivity index (χ0v) is 13.0. The van der Waals surface area contributed by atoms with Gasteiger partial charge in [-0.05, 0) is 44.7 Å². The molecule has 1 fully saturated rings. The van der Waals surface area contributed by atoms with Crippen LogP contribution in [0.4, 0.5) is 11.4 Å². The molecule has 1 aromatic carbocycles. The van der Waals surface area contributed by atoms with Gasteiger partial charge in [-0.15, -0.1) is 0 Å². The Labute approximate surface area is 126 Å². The van der Waals surface area contributed by atoms with E-state index in [1.165, 1.54) is 6.42 Å². The number of carbonyl (C=O) groups is 1. The molecule has 0 radical (unpaired) electrons. The quantitative estimate of drug-likeness (QED) is 0.870. The molecule has 3 rings (SSSR count). The summed E-state index contributed by atoms with van der Waals surface area (Å²) in [5.41, 5.74) is 1.31. The molecule has 2 N–H and O–H groups in total. The Morgan fingerprint density at radius 3 is 2.90 bits per heavy atom. The summed E-state index contributed by atoms with van der Waals surface area (Å²) >= 11 is 0. The zero-order chi connectivity index (χ0) is 15.0. The molecule has 2 unspecified atom stereocenters. The molecule has 2 aliphatic rings. The third-order valence-corrected chi connectivity index (χ3v) is 4.43. The van der Waals surface area contributed by atoms with Gasteiger partial charge in [-0.2, -0.15) is 0 Å². The van der Waals surface area contributed by atoms with E-state index < -0.39 is 5.54 Å². The summed E-state index contributed by atoms with van der Waals surface area (Å²) in [4.78, 5) is 12.7. The molecule has 4 nitrogen and oxygen atoms in total. The molecule has 1 aliphatic heterocycles. The van der Waals surface area contributed by atoms with Crippen molar-refractivity contribution in [2.45, 2.75) is 58.1 Å². The number of carbonyl (C=O) groups excluding carboxylic acids is 1. The van der Waals surface area contributed by atoms with Gasteiger partial charge < -0.3 is 15.4 Å². The molecule has 1 aromatic rings. The minimum atomic E-state index is -0.443. The van der Waals surface area contributed by atoms with Crippen LogP contribution in [0.15, 0.2) is 18.2 Å². The lowest BCUT2D eigenvalue weighted by Gasteiger charge is -2.43. The van der Waals surface area contributed by atoms with Crippen LogP contribution in [0.3, 0.4) is 0 Å². The largest absolute Gasteiger partial charge is 0.489 e. The van der Waals surface area contributed by atoms with Crippen molar-refractivity contribution in [3.8, 4) is 5.75 Å². The maximum Gasteiger partial charge on any atom is 0.250 e. The van der Waals surface area contributed by atoms with Crippen molar-refractivity contribution in [1.82, 2.24) is 0 Å². The van der Waals surface area contributed by atoms with Crippen molar-refractivity contribution >= 4 is 17.3 Å². The number of nitrogens with one attached hydrogen (secondary N) is 2. The number of benzene rings is 1. The predicted octanol–water partition coefficient (Wildman–Crippen LogP) is 3.79. The molecule has 21 heavy (non-hydrogen) atoms. The van der Waals surface area contributed by atoms with Crippen LogP contribution in [0.25, 0.3) is 0 Å². The number of hydrogen-bond donors (Lipinski definition) is 2. The Bertz CT molecular complexity index is 556. The Morgan fingerprint density at radius 1 is 1.38 bits per heavy atom. The van der Waals surface area contributed by atoms with Gasteiger partial charge in [0.25, 0.3) is 0 Å². The highest BCUT2D eigenvalue weighted by Gasteiger charge is 2.45. The van der Waals surface area contributed by atoms with Crippen molar-refractivity contribution in [2.24, 2.45) is 5.92 Å². The summed E-state index contributed by atoms with van der Waals surface area (Å²) in [6, 6.07) is 5.90. The number of anilines is 2. The summed E-state index contributed by atoms with van der Waals surface area (Å²) in [5.74, 6) is 1.40. The lowest BCUT2D eigenvalue weighted by molar-refractivity contribution is -0.122. The fourth-order valence-corrected chi connectivity index (χ4v) is 3.54. The molecular weight excluding hydrogens is 264 g/mol. The summed E-state index contributed by atoms with van der Waals surface area (Å²) in [5, 5.41) is 6.60. The number of rotatable bonds is 2. The zero-order valence-electron chi connectivity index (χ0n) is 13.0. The second-order valence-corrected chi connectivity index (χ2v) is 6.71. The van der Waals surface area contributed by atoms with Crippen molar-refractivity contribution in [3.05, 3.63) is 18.2 Å². The summed E-state index contributed by atoms with van der Waals surface area (Å²) < 4.78 is 5.80. The molecule has 1 amide bonds. The van der Waals surface area contributed by atoms with Crippen LogP contribution in [0.5, 0.6) is 5.75 Å². The number of hydrogen-bond acceptors (Lipinski definition) is 3. The second kappa shape index (κ2) is 5.24. The molecular formula is C17H24N2O2. The molecule has 0 bridgehead atoms. The van der Waals surface area contributed by atoms with E-state index in [0.717, 1.165) is 36.4 Å². The molecule has 1 heterocycles. The minimum Gasteiger partial charge on any atom is -0.489 e. The molecule has 1 saturated carbocycles. The van der Waals surface area contributed by atoms with Crippen LogP contribution in [-0.2, 0) is 4.79 Å². The Kier molecular flexibility index (Phi) is 3.56. The van der Waals surface area contributed by atoms with E-state index >= 15 is 0 Å². The van der Waals surface area contributed by atoms with Crippen LogP contribution >= 0.6 is 0 Å². The van der Waals surface area contributed by atoms with Crippen molar-refractivity contribution < 1.29 is 9.53 Å². The molecule has 1 aliphatic carbocycles. The first kappa shape index (κ1) is 14.2. The van der Waals surface area contributed by atoms with E-state index in [1.807, 2.05) is 32.0 Å². The molecule has 1 spiro atoms. The van der Waals surface area contributed by atoms with Crippen molar-refractivity contribution in [1.29, 1.82) is 0 Å². The predicted molar refractivity (Wildman–Crippen MR) is 84.8 cm³/mol. The van der Waals surface area contributed by atoms with Gasteiger partial charge in [-0.1, -0.05) is 25.8 Å². The fourth-order valence-electron chi connectivity index (χ4n) is 3.54. The standard InChI is InChI=1S/C17H24N2O2/c1-11(2)21-14-8-4-7-13-15(14)18-16(20)17(19-13)9-5-6-12(3)10-17/h4,7-8,11-12,19H,5-6,9-10H2,1-3H3,(H,18,20). The van der Waals surface area contributed by atoms with Crippen LogP contribution in [0.1, 0.15) is 46.5 Å². The van der Waals surface area contributed by atoms with E-state index in [2.05, 4.69) is 17.6 Å². The fraction of sp³-hybridized carbons (Fsp3) is 0.588. The van der Waals surface area contributed by atoms with Crippen LogP contribution in [0.2, 0.25) is 0 Å². The van der Waals surface area contributed by atoms with Gasteiger partial charge in [0.2, 0.25) is 5.91 Å². The first-order chi connectivity index (χ1) is 10.00. The van der Waals surface area contributed by atoms with Crippen LogP contribution in [0, 0.1) is 5.92 Å². The first-order valence-electron chi connectivity index (χ1n) is 7.89. The first-order valence-corrected chi connectivity index (χ1v) is 7.89. The Hall–Kier alpha value is -1.71. The monoisotopic (exact) mass is 288 g/mol. The van der Waals surface area contributed by atoms with Crippen molar-refractivity contribution in [3.63, 3.8) is 0 Å². The number of para-hydroxylation sites is 1. The van der Waals surface area contributed by atoms with Crippen LogP contribution < -0.4 is 15.4 Å². The third-order valence-electron chi connectivity index (χ3n) is 4.43. The summed E-state index contributed by atoms with van der Waals surface area (Å²) in [7, 11) is 0. The number of amides is 1. The molecule has 4 heteroatoms. The Balaban J connectivity index is 1.93. The molecule has 2 atom stereocenters. The highest BCUT2D eigenvalue weighted by Crippen LogP contribution is 2.44. The summed E-state index contributed by atoms with van der Waals surface area (Å²) in [6.07, 6.45) is 4.18. The van der Waals surface area contributed by atoms with Gasteiger partial charge in [0, 0.05) is 0 Å². The highest BCUT2D eigenvalue weighted by molar-refractivity contribution is 6.07. The molecule has 114 valence electrons. The normalized spacial score (nSPS) is 28.0. The van der Waals surface area contributed by atoms with E-state index in [4.69, 9.17) is 4.74 Å². The van der Waals surface area contributed by atoms with Gasteiger partial charge in [0.1, 0.15) is 17.0 Å². The van der Waals surface area contributed by atoms with E-state index in [9.17, 15) is 4.79 Å². The smallest absolute Gasteiger partial charge is 0.250 e. The van der Waals surface area contributed by atoms with Gasteiger partial charge in [-0.3, -0.25) is 4.79 Å². The van der Waals surface area contributed by atoms with E-state index in [0.29, 0.717) is 5.92 Å². The maximum absolute atomic E-state index is 12.7. The average molecular weight is 288 g/mol. The molecule has 0 aromatic heterocycles. The minimum absolute atomic E-state index is 0.0824. The lowest BCUT2D eigenvalue weighted by Crippen LogP contribution is -2.54. The Morgan fingerprint density at radius 2 is 2.19 bits per heavy atom. The third kappa shape index (κ3) is 2.59. The van der Waals surface area contributed by atoms with Gasteiger partial charge in [0.15, 0.2) is 0 Å². The molecule has 0 saturated heterocycles. The lowest BCUT2D eigenvalue weighted by atomic mass is 9.74. The number of ether oxygens (including phenoxy) is 1. The van der Waals surface area contributed by atoms with Crippen LogP contribution in [-0.4, -0.2) is 17.6 Å². The summed E-state index contributed by atoms with van der Waals surface area (Å²) in [6.45, 7) is 6.20. The van der Waals surface area contributed by atoms with Gasteiger partial charge >= 0.3 is 0 Å². The maximum atomic E-state index is 12.7. The van der Waals surface area contributed by atoms with Gasteiger partial charge in [0.05, 0.1) is 11.8 Å². The van der Waals surface area contributed by atoms with E-state index in [1.54, 1.807) is 0 Å². The SMILES string of the molecule is CC1CCCC2(C1)Nc1cccc(OC(C)C)c1NC2=O. The topological polar surface area (TPSA) is 50.4 Å². The van der Waals surface area contributed by atoms with E-state index in [-0.39, 0.29) is 12.0 Å². The van der Waals surface area contributed by atoms with Gasteiger partial charge in [-0.25, -0.2) is 0 Å². The average Bonchev–Trinajstić information content (AvgIpc) is 2.40. The highest BCUT2D eigenvalue weighted by atomic mass is 16.5. The second-order valence-electron chi connectivity index (χ2n) is 6.71. The number of fused-ring (bicyclic) bond motifs is 1. The van der Waals surface area contributed by atoms with Crippen molar-refractivity contribution in [2.75, 3.05) is 10.6 Å².